The molecule has 2 nitrogen and oxygen atoms in total. The van der Waals surface area contributed by atoms with E-state index in [2.05, 4.69) is 11.9 Å². The first-order chi connectivity index (χ1) is 8.74. The fraction of sp³-hybridized carbons (Fsp3) is 0.643. The van der Waals surface area contributed by atoms with E-state index in [9.17, 15) is 0 Å². The van der Waals surface area contributed by atoms with Gasteiger partial charge in [0.05, 0.1) is 0 Å². The van der Waals surface area contributed by atoms with Crippen molar-refractivity contribution in [3.05, 3.63) is 22.8 Å². The molecule has 0 aromatic carbocycles. The highest BCUT2D eigenvalue weighted by molar-refractivity contribution is 6.32. The molecular formula is C14H19Cl2NO. The molecule has 1 saturated carbocycles. The first-order valence-corrected chi connectivity index (χ1v) is 7.53. The van der Waals surface area contributed by atoms with Crippen LogP contribution in [0.2, 0.25) is 5.02 Å². The Morgan fingerprint density at radius 2 is 2.17 bits per heavy atom. The SMILES string of the molecule is CCC1CCCCC1Oc1ncc(CCl)cc1Cl. The second-order valence-electron chi connectivity index (χ2n) is 4.87. The summed E-state index contributed by atoms with van der Waals surface area (Å²) >= 11 is 11.9. The average molecular weight is 288 g/mol. The molecular weight excluding hydrogens is 269 g/mol. The van der Waals surface area contributed by atoms with E-state index in [1.807, 2.05) is 6.07 Å². The number of hydrogen-bond donors (Lipinski definition) is 0. The van der Waals surface area contributed by atoms with Crippen LogP contribution in [0.4, 0.5) is 0 Å². The minimum absolute atomic E-state index is 0.260. The zero-order valence-corrected chi connectivity index (χ0v) is 12.2. The molecule has 1 aliphatic rings. The molecule has 0 bridgehead atoms. The number of pyridine rings is 1. The molecule has 1 aromatic rings. The summed E-state index contributed by atoms with van der Waals surface area (Å²) in [5.41, 5.74) is 0.921. The summed E-state index contributed by atoms with van der Waals surface area (Å²) in [4.78, 5) is 4.27. The fourth-order valence-electron chi connectivity index (χ4n) is 2.56. The van der Waals surface area contributed by atoms with Gasteiger partial charge in [-0.1, -0.05) is 24.9 Å². The highest BCUT2D eigenvalue weighted by Crippen LogP contribution is 2.32. The highest BCUT2D eigenvalue weighted by atomic mass is 35.5. The summed E-state index contributed by atoms with van der Waals surface area (Å²) in [6.45, 7) is 2.22. The molecule has 1 aromatic heterocycles. The van der Waals surface area contributed by atoms with Crippen molar-refractivity contribution in [3.8, 4) is 5.88 Å². The van der Waals surface area contributed by atoms with Crippen molar-refractivity contribution in [1.82, 2.24) is 4.98 Å². The van der Waals surface area contributed by atoms with Gasteiger partial charge in [-0.15, -0.1) is 11.6 Å². The van der Waals surface area contributed by atoms with Gasteiger partial charge in [0.1, 0.15) is 11.1 Å². The van der Waals surface area contributed by atoms with Crippen LogP contribution < -0.4 is 4.74 Å². The summed E-state index contributed by atoms with van der Waals surface area (Å²) in [6.07, 6.45) is 8.05. The normalized spacial score (nSPS) is 23.9. The minimum atomic E-state index is 0.260. The summed E-state index contributed by atoms with van der Waals surface area (Å²) in [7, 11) is 0. The Hall–Kier alpha value is -0.470. The number of halogens is 2. The third-order valence-electron chi connectivity index (χ3n) is 3.65. The van der Waals surface area contributed by atoms with Crippen LogP contribution in [-0.2, 0) is 5.88 Å². The molecule has 1 heterocycles. The fourth-order valence-corrected chi connectivity index (χ4v) is 2.94. The van der Waals surface area contributed by atoms with Gasteiger partial charge in [-0.25, -0.2) is 4.98 Å². The van der Waals surface area contributed by atoms with Crippen molar-refractivity contribution in [3.63, 3.8) is 0 Å². The zero-order chi connectivity index (χ0) is 13.0. The van der Waals surface area contributed by atoms with E-state index in [1.165, 1.54) is 19.3 Å². The van der Waals surface area contributed by atoms with Crippen molar-refractivity contribution in [2.75, 3.05) is 0 Å². The lowest BCUT2D eigenvalue weighted by Gasteiger charge is -2.31. The van der Waals surface area contributed by atoms with Gasteiger partial charge in [-0.3, -0.25) is 0 Å². The van der Waals surface area contributed by atoms with Gasteiger partial charge in [0.15, 0.2) is 0 Å². The molecule has 18 heavy (non-hydrogen) atoms. The van der Waals surface area contributed by atoms with Crippen LogP contribution in [0.3, 0.4) is 0 Å². The van der Waals surface area contributed by atoms with E-state index in [1.54, 1.807) is 6.20 Å². The maximum atomic E-state index is 6.17. The predicted octanol–water partition coefficient (Wildman–Crippen LogP) is 4.82. The lowest BCUT2D eigenvalue weighted by molar-refractivity contribution is 0.0859. The third kappa shape index (κ3) is 3.30. The summed E-state index contributed by atoms with van der Waals surface area (Å²) in [5, 5.41) is 0.563. The van der Waals surface area contributed by atoms with Crippen LogP contribution in [0.1, 0.15) is 44.6 Å². The van der Waals surface area contributed by atoms with Crippen molar-refractivity contribution in [2.45, 2.75) is 51.0 Å². The van der Waals surface area contributed by atoms with Crippen molar-refractivity contribution in [2.24, 2.45) is 5.92 Å². The summed E-state index contributed by atoms with van der Waals surface area (Å²) < 4.78 is 6.00. The van der Waals surface area contributed by atoms with Crippen LogP contribution in [-0.4, -0.2) is 11.1 Å². The number of alkyl halides is 1. The van der Waals surface area contributed by atoms with E-state index in [4.69, 9.17) is 27.9 Å². The van der Waals surface area contributed by atoms with Crippen LogP contribution in [0, 0.1) is 5.92 Å². The Labute approximate surface area is 119 Å². The quantitative estimate of drug-likeness (QED) is 0.741. The van der Waals surface area contributed by atoms with Gasteiger partial charge in [0.2, 0.25) is 5.88 Å². The molecule has 0 radical (unpaired) electrons. The molecule has 0 spiro atoms. The van der Waals surface area contributed by atoms with E-state index in [0.29, 0.717) is 22.7 Å². The molecule has 0 aliphatic heterocycles. The molecule has 2 atom stereocenters. The Balaban J connectivity index is 2.07. The van der Waals surface area contributed by atoms with E-state index >= 15 is 0 Å². The van der Waals surface area contributed by atoms with Crippen LogP contribution in [0.5, 0.6) is 5.88 Å². The van der Waals surface area contributed by atoms with Crippen LogP contribution >= 0.6 is 23.2 Å². The van der Waals surface area contributed by atoms with Gasteiger partial charge in [-0.2, -0.15) is 0 Å². The van der Waals surface area contributed by atoms with Crippen LogP contribution in [0.15, 0.2) is 12.3 Å². The number of nitrogens with zero attached hydrogens (tertiary/aromatic N) is 1. The molecule has 1 aliphatic carbocycles. The first kappa shape index (κ1) is 14.0. The highest BCUT2D eigenvalue weighted by Gasteiger charge is 2.26. The molecule has 100 valence electrons. The van der Waals surface area contributed by atoms with E-state index in [0.717, 1.165) is 18.4 Å². The second kappa shape index (κ2) is 6.63. The van der Waals surface area contributed by atoms with Gasteiger partial charge in [0, 0.05) is 12.1 Å². The maximum absolute atomic E-state index is 6.17. The Morgan fingerprint density at radius 1 is 1.39 bits per heavy atom. The Bertz CT molecular complexity index is 397. The van der Waals surface area contributed by atoms with Gasteiger partial charge in [-0.05, 0) is 43.2 Å². The monoisotopic (exact) mass is 287 g/mol. The summed E-state index contributed by atoms with van der Waals surface area (Å²) in [6, 6.07) is 1.83. The zero-order valence-electron chi connectivity index (χ0n) is 10.7. The topological polar surface area (TPSA) is 22.1 Å². The summed E-state index contributed by atoms with van der Waals surface area (Å²) in [5.74, 6) is 1.61. The largest absolute Gasteiger partial charge is 0.473 e. The van der Waals surface area contributed by atoms with Gasteiger partial charge >= 0.3 is 0 Å². The molecule has 0 saturated heterocycles. The second-order valence-corrected chi connectivity index (χ2v) is 5.55. The molecule has 4 heteroatoms. The van der Waals surface area contributed by atoms with Crippen molar-refractivity contribution in [1.29, 1.82) is 0 Å². The molecule has 0 N–H and O–H groups in total. The van der Waals surface area contributed by atoms with Crippen LogP contribution in [0.25, 0.3) is 0 Å². The minimum Gasteiger partial charge on any atom is -0.473 e. The number of aromatic nitrogens is 1. The van der Waals surface area contributed by atoms with Crippen molar-refractivity contribution < 1.29 is 4.74 Å². The molecule has 2 unspecified atom stereocenters. The van der Waals surface area contributed by atoms with E-state index in [-0.39, 0.29) is 6.10 Å². The Morgan fingerprint density at radius 3 is 2.83 bits per heavy atom. The third-order valence-corrected chi connectivity index (χ3v) is 4.22. The number of ether oxygens (including phenoxy) is 1. The lowest BCUT2D eigenvalue weighted by Crippen LogP contribution is -2.30. The van der Waals surface area contributed by atoms with Gasteiger partial charge < -0.3 is 4.74 Å². The molecule has 2 rings (SSSR count). The standard InChI is InChI=1S/C14H19Cl2NO/c1-2-11-5-3-4-6-13(11)18-14-12(16)7-10(8-15)9-17-14/h7,9,11,13H,2-6,8H2,1H3. The number of rotatable bonds is 4. The predicted molar refractivity (Wildman–Crippen MR) is 75.5 cm³/mol. The number of hydrogen-bond acceptors (Lipinski definition) is 2. The average Bonchev–Trinajstić information content (AvgIpc) is 2.41. The Kier molecular flexibility index (Phi) is 5.13. The lowest BCUT2D eigenvalue weighted by atomic mass is 9.85. The first-order valence-electron chi connectivity index (χ1n) is 6.61. The molecule has 0 amide bonds. The van der Waals surface area contributed by atoms with Crippen molar-refractivity contribution >= 4 is 23.2 Å². The molecule has 1 fully saturated rings. The smallest absolute Gasteiger partial charge is 0.232 e. The van der Waals surface area contributed by atoms with E-state index < -0.39 is 0 Å². The maximum Gasteiger partial charge on any atom is 0.232 e. The van der Waals surface area contributed by atoms with Gasteiger partial charge in [0.25, 0.3) is 0 Å².